The van der Waals surface area contributed by atoms with Crippen LogP contribution in [0.2, 0.25) is 0 Å². The van der Waals surface area contributed by atoms with E-state index in [1.807, 2.05) is 6.92 Å². The summed E-state index contributed by atoms with van der Waals surface area (Å²) in [6.45, 7) is 7.36. The van der Waals surface area contributed by atoms with Crippen LogP contribution < -0.4 is 4.72 Å². The van der Waals surface area contributed by atoms with E-state index in [0.29, 0.717) is 3.92 Å². The number of hydrogen-bond donors (Lipinski definition) is 1. The highest BCUT2D eigenvalue weighted by atomic mass is 127. The van der Waals surface area contributed by atoms with E-state index in [2.05, 4.69) is 27.3 Å². The van der Waals surface area contributed by atoms with E-state index in [0.717, 1.165) is 31.2 Å². The Morgan fingerprint density at radius 3 is 2.44 bits per heavy atom. The van der Waals surface area contributed by atoms with Crippen molar-refractivity contribution in [1.82, 2.24) is 4.72 Å². The Hall–Kier alpha value is -0.670. The predicted molar refractivity (Wildman–Crippen MR) is 115 cm³/mol. The molecule has 5 nitrogen and oxygen atoms in total. The van der Waals surface area contributed by atoms with Crippen LogP contribution in [-0.4, -0.2) is 31.0 Å². The van der Waals surface area contributed by atoms with E-state index in [-0.39, 0.29) is 23.4 Å². The van der Waals surface area contributed by atoms with Gasteiger partial charge in [0.1, 0.15) is 6.61 Å². The number of hydrogen-bond acceptors (Lipinski definition) is 4. The average Bonchev–Trinajstić information content (AvgIpc) is 2.57. The number of rotatable bonds is 6. The predicted octanol–water partition coefficient (Wildman–Crippen LogP) is 4.23. The van der Waals surface area contributed by atoms with E-state index >= 15 is 0 Å². The Morgan fingerprint density at radius 1 is 1.26 bits per heavy atom. The summed E-state index contributed by atoms with van der Waals surface area (Å²) in [5.74, 6) is -0.155. The molecular weight excluding hydrogens is 477 g/mol. The molecule has 1 saturated carbocycles. The maximum atomic E-state index is 12.9. The Morgan fingerprint density at radius 2 is 1.89 bits per heavy atom. The van der Waals surface area contributed by atoms with Crippen molar-refractivity contribution in [3.8, 4) is 0 Å². The molecule has 152 valence electrons. The molecular formula is C20H30INO4S. The molecule has 0 saturated heterocycles. The molecule has 1 aromatic rings. The number of ether oxygens (including phenoxy) is 1. The largest absolute Gasteiger partial charge is 0.464 e. The lowest BCUT2D eigenvalue weighted by molar-refractivity contribution is -0.154. The number of carbonyl (C=O) groups is 1. The highest BCUT2D eigenvalue weighted by Gasteiger charge is 2.33. The van der Waals surface area contributed by atoms with Crippen LogP contribution >= 0.6 is 22.6 Å². The van der Waals surface area contributed by atoms with E-state index in [4.69, 9.17) is 4.74 Å². The molecule has 0 aromatic heterocycles. The van der Waals surface area contributed by atoms with Crippen molar-refractivity contribution >= 4 is 38.6 Å². The van der Waals surface area contributed by atoms with E-state index in [1.54, 1.807) is 45.0 Å². The summed E-state index contributed by atoms with van der Waals surface area (Å²) in [7, 11) is -3.67. The third-order valence-electron chi connectivity index (χ3n) is 4.86. The van der Waals surface area contributed by atoms with E-state index < -0.39 is 21.5 Å². The number of benzene rings is 1. The van der Waals surface area contributed by atoms with Gasteiger partial charge in [-0.05, 0) is 65.0 Å². The van der Waals surface area contributed by atoms with Gasteiger partial charge < -0.3 is 4.74 Å². The van der Waals surface area contributed by atoms with Gasteiger partial charge in [0.25, 0.3) is 0 Å². The smallest absolute Gasteiger partial charge is 0.311 e. The van der Waals surface area contributed by atoms with Gasteiger partial charge in [-0.2, -0.15) is 0 Å². The first-order chi connectivity index (χ1) is 12.5. The van der Waals surface area contributed by atoms with Crippen molar-refractivity contribution in [2.45, 2.75) is 68.2 Å². The van der Waals surface area contributed by atoms with Gasteiger partial charge in [-0.3, -0.25) is 4.79 Å². The first-order valence-corrected chi connectivity index (χ1v) is 12.1. The van der Waals surface area contributed by atoms with Crippen LogP contribution in [0.15, 0.2) is 29.2 Å². The number of esters is 1. The lowest BCUT2D eigenvalue weighted by Crippen LogP contribution is -2.46. The summed E-state index contributed by atoms with van der Waals surface area (Å²) in [4.78, 5) is 12.4. The SMILES string of the molecule is Cc1ccc(S(=O)(=O)NC(COC(=O)C(C)(C)C)C2CCCC(I)C2)cc1. The van der Waals surface area contributed by atoms with Crippen LogP contribution in [0, 0.1) is 18.3 Å². The Kier molecular flexibility index (Phi) is 7.72. The van der Waals surface area contributed by atoms with Gasteiger partial charge in [0.15, 0.2) is 0 Å². The summed E-state index contributed by atoms with van der Waals surface area (Å²) in [5, 5.41) is 0. The topological polar surface area (TPSA) is 72.5 Å². The molecule has 1 N–H and O–H groups in total. The zero-order valence-corrected chi connectivity index (χ0v) is 19.5. The molecule has 0 spiro atoms. The van der Waals surface area contributed by atoms with Gasteiger partial charge >= 0.3 is 5.97 Å². The van der Waals surface area contributed by atoms with Crippen molar-refractivity contribution in [3.05, 3.63) is 29.8 Å². The summed E-state index contributed by atoms with van der Waals surface area (Å²) in [6.07, 6.45) is 4.08. The van der Waals surface area contributed by atoms with Crippen LogP contribution in [-0.2, 0) is 19.6 Å². The second-order valence-electron chi connectivity index (χ2n) is 8.41. The normalized spacial score (nSPS) is 22.3. The minimum absolute atomic E-state index is 0.0647. The van der Waals surface area contributed by atoms with Gasteiger partial charge in [-0.25, -0.2) is 13.1 Å². The molecule has 0 bridgehead atoms. The molecule has 1 fully saturated rings. The molecule has 3 unspecified atom stereocenters. The second kappa shape index (κ2) is 9.22. The zero-order chi connectivity index (χ0) is 20.2. The molecule has 2 rings (SSSR count). The number of nitrogens with one attached hydrogen (secondary N) is 1. The Labute approximate surface area is 176 Å². The highest BCUT2D eigenvalue weighted by Crippen LogP contribution is 2.32. The molecule has 0 heterocycles. The van der Waals surface area contributed by atoms with Crippen molar-refractivity contribution in [2.75, 3.05) is 6.61 Å². The summed E-state index contributed by atoms with van der Waals surface area (Å²) in [6, 6.07) is 6.37. The number of aryl methyl sites for hydroxylation is 1. The standard InChI is InChI=1S/C20H30INO4S/c1-14-8-10-17(11-9-14)27(24,25)22-18(13-26-19(23)20(2,3)4)15-6-5-7-16(21)12-15/h8-11,15-16,18,22H,5-7,12-13H2,1-4H3. The molecule has 27 heavy (non-hydrogen) atoms. The van der Waals surface area contributed by atoms with Gasteiger partial charge in [-0.1, -0.05) is 46.7 Å². The Balaban J connectivity index is 2.17. The molecule has 7 heteroatoms. The molecule has 0 radical (unpaired) electrons. The van der Waals surface area contributed by atoms with Gasteiger partial charge in [0.2, 0.25) is 10.0 Å². The maximum absolute atomic E-state index is 12.9. The van der Waals surface area contributed by atoms with Crippen LogP contribution in [0.25, 0.3) is 0 Å². The summed E-state index contributed by atoms with van der Waals surface area (Å²) in [5.41, 5.74) is 0.392. The van der Waals surface area contributed by atoms with Crippen molar-refractivity contribution in [3.63, 3.8) is 0 Å². The molecule has 1 aromatic carbocycles. The monoisotopic (exact) mass is 507 g/mol. The first kappa shape index (κ1) is 22.6. The number of halogens is 1. The van der Waals surface area contributed by atoms with Gasteiger partial charge in [0.05, 0.1) is 16.4 Å². The fraction of sp³-hybridized carbons (Fsp3) is 0.650. The summed E-state index contributed by atoms with van der Waals surface area (Å²) < 4.78 is 34.6. The minimum atomic E-state index is -3.67. The van der Waals surface area contributed by atoms with Crippen LogP contribution in [0.3, 0.4) is 0 Å². The third kappa shape index (κ3) is 6.71. The molecule has 0 amide bonds. The Bertz CT molecular complexity index is 740. The van der Waals surface area contributed by atoms with Gasteiger partial charge in [0, 0.05) is 3.92 Å². The summed E-state index contributed by atoms with van der Waals surface area (Å²) >= 11 is 2.43. The fourth-order valence-corrected chi connectivity index (χ4v) is 5.55. The number of carbonyl (C=O) groups excluding carboxylic acids is 1. The third-order valence-corrected chi connectivity index (χ3v) is 7.50. The number of alkyl halides is 1. The first-order valence-electron chi connectivity index (χ1n) is 9.39. The highest BCUT2D eigenvalue weighted by molar-refractivity contribution is 14.1. The molecule has 1 aliphatic rings. The van der Waals surface area contributed by atoms with Crippen molar-refractivity contribution in [1.29, 1.82) is 0 Å². The maximum Gasteiger partial charge on any atom is 0.311 e. The lowest BCUT2D eigenvalue weighted by atomic mass is 9.84. The molecule has 0 aliphatic heterocycles. The van der Waals surface area contributed by atoms with E-state index in [1.165, 1.54) is 0 Å². The fourth-order valence-electron chi connectivity index (χ4n) is 3.16. The average molecular weight is 507 g/mol. The minimum Gasteiger partial charge on any atom is -0.464 e. The lowest BCUT2D eigenvalue weighted by Gasteiger charge is -2.33. The van der Waals surface area contributed by atoms with Crippen LogP contribution in [0.1, 0.15) is 52.0 Å². The number of sulfonamides is 1. The van der Waals surface area contributed by atoms with Crippen LogP contribution in [0.4, 0.5) is 0 Å². The van der Waals surface area contributed by atoms with Crippen LogP contribution in [0.5, 0.6) is 0 Å². The van der Waals surface area contributed by atoms with Crippen molar-refractivity contribution in [2.24, 2.45) is 11.3 Å². The van der Waals surface area contributed by atoms with E-state index in [9.17, 15) is 13.2 Å². The zero-order valence-electron chi connectivity index (χ0n) is 16.5. The van der Waals surface area contributed by atoms with Gasteiger partial charge in [-0.15, -0.1) is 0 Å². The molecule has 1 aliphatic carbocycles. The van der Waals surface area contributed by atoms with Crippen molar-refractivity contribution < 1.29 is 17.9 Å². The quantitative estimate of drug-likeness (QED) is 0.356. The molecule has 3 atom stereocenters. The second-order valence-corrected chi connectivity index (χ2v) is 11.9.